The van der Waals surface area contributed by atoms with Gasteiger partial charge in [0.1, 0.15) is 5.75 Å². The van der Waals surface area contributed by atoms with Crippen LogP contribution in [-0.4, -0.2) is 24.1 Å². The Bertz CT molecular complexity index is 375. The number of amides is 1. The van der Waals surface area contributed by atoms with Crippen LogP contribution in [-0.2, 0) is 0 Å². The number of carbonyl (C=O) groups is 1. The summed E-state index contributed by atoms with van der Waals surface area (Å²) in [5.41, 5.74) is 5.90. The number of hydrogen-bond acceptors (Lipinski definition) is 3. The van der Waals surface area contributed by atoms with E-state index in [4.69, 9.17) is 5.73 Å². The summed E-state index contributed by atoms with van der Waals surface area (Å²) in [7, 11) is 0. The van der Waals surface area contributed by atoms with Gasteiger partial charge in [0.15, 0.2) is 0 Å². The van der Waals surface area contributed by atoms with Crippen LogP contribution in [0.4, 0.5) is 0 Å². The quantitative estimate of drug-likeness (QED) is 0.714. The van der Waals surface area contributed by atoms with Gasteiger partial charge in [-0.25, -0.2) is 0 Å². The Morgan fingerprint density at radius 3 is 2.75 bits per heavy atom. The minimum absolute atomic E-state index is 0.0886. The third-order valence-corrected chi connectivity index (χ3v) is 2.39. The smallest absolute Gasteiger partial charge is 0.251 e. The molecule has 1 rings (SSSR count). The Labute approximate surface area is 95.5 Å². The molecule has 0 aliphatic heterocycles. The lowest BCUT2D eigenvalue weighted by Crippen LogP contribution is -2.38. The predicted octanol–water partition coefficient (Wildman–Crippen LogP) is 1.11. The minimum Gasteiger partial charge on any atom is -0.508 e. The van der Waals surface area contributed by atoms with Crippen molar-refractivity contribution in [3.05, 3.63) is 29.8 Å². The topological polar surface area (TPSA) is 75.3 Å². The van der Waals surface area contributed by atoms with Gasteiger partial charge in [-0.05, 0) is 30.2 Å². The molecule has 4 heteroatoms. The molecule has 0 heterocycles. The van der Waals surface area contributed by atoms with Gasteiger partial charge >= 0.3 is 0 Å². The van der Waals surface area contributed by atoms with E-state index in [1.165, 1.54) is 12.1 Å². The van der Waals surface area contributed by atoms with Crippen LogP contribution < -0.4 is 11.1 Å². The summed E-state index contributed by atoms with van der Waals surface area (Å²) in [5, 5.41) is 12.0. The van der Waals surface area contributed by atoms with Gasteiger partial charge in [-0.2, -0.15) is 0 Å². The third kappa shape index (κ3) is 3.55. The van der Waals surface area contributed by atoms with Crippen LogP contribution in [0.25, 0.3) is 0 Å². The average molecular weight is 222 g/mol. The van der Waals surface area contributed by atoms with Crippen molar-refractivity contribution in [2.24, 2.45) is 11.1 Å². The van der Waals surface area contributed by atoms with E-state index >= 15 is 0 Å². The molecule has 4 nitrogen and oxygen atoms in total. The van der Waals surface area contributed by atoms with Crippen molar-refractivity contribution in [2.75, 3.05) is 13.1 Å². The summed E-state index contributed by atoms with van der Waals surface area (Å²) in [6.45, 7) is 4.98. The molecule has 0 fully saturated rings. The van der Waals surface area contributed by atoms with Gasteiger partial charge in [0.2, 0.25) is 0 Å². The number of carbonyl (C=O) groups excluding carboxylic acids is 1. The van der Waals surface area contributed by atoms with Crippen molar-refractivity contribution >= 4 is 5.91 Å². The van der Waals surface area contributed by atoms with Gasteiger partial charge in [-0.15, -0.1) is 0 Å². The van der Waals surface area contributed by atoms with E-state index < -0.39 is 0 Å². The van der Waals surface area contributed by atoms with Crippen molar-refractivity contribution in [1.82, 2.24) is 5.32 Å². The van der Waals surface area contributed by atoms with Gasteiger partial charge < -0.3 is 16.2 Å². The summed E-state index contributed by atoms with van der Waals surface area (Å²) in [6.07, 6.45) is 0. The maximum absolute atomic E-state index is 11.7. The number of aromatic hydroxyl groups is 1. The van der Waals surface area contributed by atoms with Gasteiger partial charge in [-0.1, -0.05) is 19.9 Å². The van der Waals surface area contributed by atoms with Crippen molar-refractivity contribution < 1.29 is 9.90 Å². The van der Waals surface area contributed by atoms with E-state index in [0.29, 0.717) is 18.7 Å². The Balaban J connectivity index is 2.60. The van der Waals surface area contributed by atoms with Crippen molar-refractivity contribution in [3.63, 3.8) is 0 Å². The standard InChI is InChI=1S/C12H18N2O2/c1-12(2,7-13)8-14-11(16)9-4-3-5-10(15)6-9/h3-6,15H,7-8,13H2,1-2H3,(H,14,16). The van der Waals surface area contributed by atoms with Crippen molar-refractivity contribution in [1.29, 1.82) is 0 Å². The highest BCUT2D eigenvalue weighted by Gasteiger charge is 2.17. The molecule has 0 bridgehead atoms. The number of nitrogens with one attached hydrogen (secondary N) is 1. The summed E-state index contributed by atoms with van der Waals surface area (Å²) in [5.74, 6) is -0.108. The first-order valence-electron chi connectivity index (χ1n) is 5.22. The lowest BCUT2D eigenvalue weighted by atomic mass is 9.94. The zero-order valence-corrected chi connectivity index (χ0v) is 9.66. The number of hydrogen-bond donors (Lipinski definition) is 3. The number of nitrogens with two attached hydrogens (primary N) is 1. The van der Waals surface area contributed by atoms with E-state index in [9.17, 15) is 9.90 Å². The van der Waals surface area contributed by atoms with Crippen LogP contribution in [0.5, 0.6) is 5.75 Å². The van der Waals surface area contributed by atoms with Crippen LogP contribution in [0.15, 0.2) is 24.3 Å². The van der Waals surface area contributed by atoms with Crippen LogP contribution >= 0.6 is 0 Å². The first-order valence-corrected chi connectivity index (χ1v) is 5.22. The maximum Gasteiger partial charge on any atom is 0.251 e. The normalized spacial score (nSPS) is 11.2. The highest BCUT2D eigenvalue weighted by Crippen LogP contribution is 2.13. The maximum atomic E-state index is 11.7. The van der Waals surface area contributed by atoms with Crippen LogP contribution in [0.1, 0.15) is 24.2 Å². The molecule has 0 unspecified atom stereocenters. The lowest BCUT2D eigenvalue weighted by molar-refractivity contribution is 0.0937. The molecule has 0 aromatic heterocycles. The second-order valence-electron chi connectivity index (χ2n) is 4.60. The summed E-state index contributed by atoms with van der Waals surface area (Å²) < 4.78 is 0. The van der Waals surface area contributed by atoms with Gasteiger partial charge in [-0.3, -0.25) is 4.79 Å². The largest absolute Gasteiger partial charge is 0.508 e. The van der Waals surface area contributed by atoms with Crippen molar-refractivity contribution in [3.8, 4) is 5.75 Å². The van der Waals surface area contributed by atoms with Gasteiger partial charge in [0.05, 0.1) is 0 Å². The highest BCUT2D eigenvalue weighted by molar-refractivity contribution is 5.94. The number of rotatable bonds is 4. The van der Waals surface area contributed by atoms with Crippen LogP contribution in [0.3, 0.4) is 0 Å². The number of phenols is 1. The molecule has 0 aliphatic rings. The van der Waals surface area contributed by atoms with Gasteiger partial charge in [0, 0.05) is 12.1 Å². The predicted molar refractivity (Wildman–Crippen MR) is 63.3 cm³/mol. The zero-order valence-electron chi connectivity index (χ0n) is 9.66. The molecule has 1 amide bonds. The fourth-order valence-electron chi connectivity index (χ4n) is 1.14. The number of benzene rings is 1. The molecule has 4 N–H and O–H groups in total. The van der Waals surface area contributed by atoms with E-state index in [-0.39, 0.29) is 17.1 Å². The summed E-state index contributed by atoms with van der Waals surface area (Å²) >= 11 is 0. The van der Waals surface area contributed by atoms with E-state index in [1.807, 2.05) is 13.8 Å². The second-order valence-corrected chi connectivity index (χ2v) is 4.60. The highest BCUT2D eigenvalue weighted by atomic mass is 16.3. The summed E-state index contributed by atoms with van der Waals surface area (Å²) in [4.78, 5) is 11.7. The van der Waals surface area contributed by atoms with Crippen molar-refractivity contribution in [2.45, 2.75) is 13.8 Å². The molecular weight excluding hydrogens is 204 g/mol. The number of phenolic OH excluding ortho intramolecular Hbond substituents is 1. The van der Waals surface area contributed by atoms with Crippen LogP contribution in [0.2, 0.25) is 0 Å². The lowest BCUT2D eigenvalue weighted by Gasteiger charge is -2.22. The Morgan fingerprint density at radius 1 is 1.50 bits per heavy atom. The Kier molecular flexibility index (Phi) is 3.90. The molecule has 1 aromatic rings. The molecular formula is C12H18N2O2. The first kappa shape index (κ1) is 12.5. The monoisotopic (exact) mass is 222 g/mol. The molecule has 0 radical (unpaired) electrons. The molecule has 1 aromatic carbocycles. The SMILES string of the molecule is CC(C)(CN)CNC(=O)c1cccc(O)c1. The fourth-order valence-corrected chi connectivity index (χ4v) is 1.14. The molecule has 0 atom stereocenters. The van der Waals surface area contributed by atoms with Crippen LogP contribution in [0, 0.1) is 5.41 Å². The average Bonchev–Trinajstić information content (AvgIpc) is 2.26. The molecule has 0 saturated carbocycles. The molecule has 0 spiro atoms. The van der Waals surface area contributed by atoms with Gasteiger partial charge in [0.25, 0.3) is 5.91 Å². The fraction of sp³-hybridized carbons (Fsp3) is 0.417. The zero-order chi connectivity index (χ0) is 12.2. The Hall–Kier alpha value is -1.55. The van der Waals surface area contributed by atoms with E-state index in [2.05, 4.69) is 5.32 Å². The van der Waals surface area contributed by atoms with E-state index in [1.54, 1.807) is 12.1 Å². The molecule has 16 heavy (non-hydrogen) atoms. The summed E-state index contributed by atoms with van der Waals surface area (Å²) in [6, 6.07) is 6.26. The second kappa shape index (κ2) is 4.99. The molecule has 0 aliphatic carbocycles. The molecule has 0 saturated heterocycles. The van der Waals surface area contributed by atoms with E-state index in [0.717, 1.165) is 0 Å². The first-order chi connectivity index (χ1) is 7.44. The Morgan fingerprint density at radius 2 is 2.19 bits per heavy atom. The molecule has 88 valence electrons. The minimum atomic E-state index is -0.197. The third-order valence-electron chi connectivity index (χ3n) is 2.39.